The average Bonchev–Trinajstić information content (AvgIpc) is 3.10. The van der Waals surface area contributed by atoms with Crippen molar-refractivity contribution in [3.8, 4) is 5.75 Å². The van der Waals surface area contributed by atoms with Crippen LogP contribution in [-0.4, -0.2) is 55.9 Å². The maximum Gasteiger partial charge on any atom is 0.233 e. The largest absolute Gasteiger partial charge is 0.491 e. The summed E-state index contributed by atoms with van der Waals surface area (Å²) in [6.07, 6.45) is 2.74. The van der Waals surface area contributed by atoms with Gasteiger partial charge in [-0.25, -0.2) is 0 Å². The summed E-state index contributed by atoms with van der Waals surface area (Å²) in [4.78, 5) is 17.2. The van der Waals surface area contributed by atoms with Gasteiger partial charge in [-0.1, -0.05) is 42.1 Å². The minimum atomic E-state index is 0.0903. The Hall–Kier alpha value is -2.84. The van der Waals surface area contributed by atoms with Gasteiger partial charge in [-0.15, -0.1) is 10.2 Å². The maximum atomic E-state index is 12.9. The summed E-state index contributed by atoms with van der Waals surface area (Å²) >= 11 is 1.42. The summed E-state index contributed by atoms with van der Waals surface area (Å²) in [5.74, 6) is 1.32. The van der Waals surface area contributed by atoms with Crippen LogP contribution in [0.15, 0.2) is 53.9 Å². The van der Waals surface area contributed by atoms with E-state index < -0.39 is 0 Å². The SMILES string of the molecule is Cn1cnnc1SCC(=O)N1CCOc2ccc(CN3CCc4ccccc4C3)cc2C1. The lowest BCUT2D eigenvalue weighted by Gasteiger charge is -2.29. The normalized spacial score (nSPS) is 16.1. The van der Waals surface area contributed by atoms with Gasteiger partial charge < -0.3 is 14.2 Å². The van der Waals surface area contributed by atoms with E-state index in [0.29, 0.717) is 25.4 Å². The standard InChI is InChI=1S/C24H27N5O2S/c1-27-17-25-26-24(27)32-16-23(30)29-10-11-31-22-7-6-18(12-21(22)15-29)13-28-9-8-19-4-2-3-5-20(19)14-28/h2-7,12,17H,8-11,13-16H2,1H3. The zero-order chi connectivity index (χ0) is 21.9. The van der Waals surface area contributed by atoms with Gasteiger partial charge in [0.1, 0.15) is 18.7 Å². The van der Waals surface area contributed by atoms with Crippen molar-refractivity contribution < 1.29 is 9.53 Å². The fraction of sp³-hybridized carbons (Fsp3) is 0.375. The van der Waals surface area contributed by atoms with E-state index >= 15 is 0 Å². The molecule has 7 nitrogen and oxygen atoms in total. The van der Waals surface area contributed by atoms with Gasteiger partial charge in [0.15, 0.2) is 5.16 Å². The minimum absolute atomic E-state index is 0.0903. The summed E-state index contributed by atoms with van der Waals surface area (Å²) in [5, 5.41) is 8.66. The average molecular weight is 450 g/mol. The van der Waals surface area contributed by atoms with E-state index in [-0.39, 0.29) is 5.91 Å². The van der Waals surface area contributed by atoms with Crippen LogP contribution in [0.4, 0.5) is 0 Å². The van der Waals surface area contributed by atoms with Crippen molar-refractivity contribution in [2.24, 2.45) is 7.05 Å². The molecule has 0 aliphatic carbocycles. The van der Waals surface area contributed by atoms with E-state index in [2.05, 4.69) is 57.6 Å². The van der Waals surface area contributed by atoms with Crippen LogP contribution in [0.1, 0.15) is 22.3 Å². The molecule has 32 heavy (non-hydrogen) atoms. The van der Waals surface area contributed by atoms with E-state index in [4.69, 9.17) is 4.74 Å². The van der Waals surface area contributed by atoms with Gasteiger partial charge >= 0.3 is 0 Å². The molecule has 0 saturated heterocycles. The van der Waals surface area contributed by atoms with Crippen molar-refractivity contribution in [2.75, 3.05) is 25.4 Å². The van der Waals surface area contributed by atoms with Crippen molar-refractivity contribution in [3.63, 3.8) is 0 Å². The molecule has 0 spiro atoms. The molecular weight excluding hydrogens is 422 g/mol. The van der Waals surface area contributed by atoms with Gasteiger partial charge in [0.25, 0.3) is 0 Å². The van der Waals surface area contributed by atoms with Crippen LogP contribution in [0.3, 0.4) is 0 Å². The smallest absolute Gasteiger partial charge is 0.233 e. The number of amides is 1. The molecule has 2 aromatic carbocycles. The first-order valence-corrected chi connectivity index (χ1v) is 11.9. The molecule has 0 unspecified atom stereocenters. The number of fused-ring (bicyclic) bond motifs is 2. The van der Waals surface area contributed by atoms with E-state index in [0.717, 1.165) is 42.5 Å². The van der Waals surface area contributed by atoms with Gasteiger partial charge in [-0.05, 0) is 35.2 Å². The first-order valence-electron chi connectivity index (χ1n) is 10.9. The van der Waals surface area contributed by atoms with Gasteiger partial charge in [-0.2, -0.15) is 0 Å². The summed E-state index contributed by atoms with van der Waals surface area (Å²) < 4.78 is 7.77. The monoisotopic (exact) mass is 449 g/mol. The van der Waals surface area contributed by atoms with Gasteiger partial charge in [-0.3, -0.25) is 9.69 Å². The fourth-order valence-electron chi connectivity index (χ4n) is 4.33. The molecule has 0 fully saturated rings. The summed E-state index contributed by atoms with van der Waals surface area (Å²) in [5.41, 5.74) is 5.23. The van der Waals surface area contributed by atoms with Gasteiger partial charge in [0.05, 0.1) is 12.3 Å². The second-order valence-corrected chi connectivity index (χ2v) is 9.29. The lowest BCUT2D eigenvalue weighted by Crippen LogP contribution is -2.33. The van der Waals surface area contributed by atoms with Crippen molar-refractivity contribution in [2.45, 2.75) is 31.2 Å². The Labute approximate surface area is 192 Å². The third kappa shape index (κ3) is 4.66. The number of ether oxygens (including phenoxy) is 1. The molecule has 0 bridgehead atoms. The Bertz CT molecular complexity index is 1120. The van der Waals surface area contributed by atoms with Gasteiger partial charge in [0, 0.05) is 38.8 Å². The first-order chi connectivity index (χ1) is 15.7. The number of aromatic nitrogens is 3. The lowest BCUT2D eigenvalue weighted by atomic mass is 9.99. The Balaban J connectivity index is 1.24. The fourth-order valence-corrected chi connectivity index (χ4v) is 5.12. The Morgan fingerprint density at radius 2 is 1.97 bits per heavy atom. The first kappa shape index (κ1) is 21.0. The number of hydrogen-bond acceptors (Lipinski definition) is 6. The number of benzene rings is 2. The zero-order valence-electron chi connectivity index (χ0n) is 18.2. The molecule has 166 valence electrons. The molecule has 3 heterocycles. The van der Waals surface area contributed by atoms with E-state index in [1.807, 2.05) is 16.5 Å². The molecule has 2 aliphatic heterocycles. The quantitative estimate of drug-likeness (QED) is 0.558. The molecule has 1 amide bonds. The minimum Gasteiger partial charge on any atom is -0.491 e. The summed E-state index contributed by atoms with van der Waals surface area (Å²) in [6, 6.07) is 15.1. The molecule has 3 aromatic rings. The number of carbonyl (C=O) groups is 1. The molecule has 0 atom stereocenters. The van der Waals surface area contributed by atoms with Crippen LogP contribution in [-0.2, 0) is 37.9 Å². The Morgan fingerprint density at radius 3 is 2.81 bits per heavy atom. The van der Waals surface area contributed by atoms with E-state index in [1.54, 1.807) is 6.33 Å². The molecule has 8 heteroatoms. The Morgan fingerprint density at radius 1 is 1.09 bits per heavy atom. The predicted octanol–water partition coefficient (Wildman–Crippen LogP) is 2.89. The lowest BCUT2D eigenvalue weighted by molar-refractivity contribution is -0.129. The third-order valence-corrected chi connectivity index (χ3v) is 7.09. The highest BCUT2D eigenvalue weighted by molar-refractivity contribution is 7.99. The number of carbonyl (C=O) groups excluding carboxylic acids is 1. The zero-order valence-corrected chi connectivity index (χ0v) is 19.1. The highest BCUT2D eigenvalue weighted by Gasteiger charge is 2.22. The van der Waals surface area contributed by atoms with Crippen LogP contribution >= 0.6 is 11.8 Å². The number of aryl methyl sites for hydroxylation is 1. The van der Waals surface area contributed by atoms with Crippen LogP contribution in [0.25, 0.3) is 0 Å². The molecular formula is C24H27N5O2S. The second kappa shape index (κ2) is 9.34. The highest BCUT2D eigenvalue weighted by atomic mass is 32.2. The summed E-state index contributed by atoms with van der Waals surface area (Å²) in [6.45, 7) is 4.62. The molecule has 0 radical (unpaired) electrons. The summed E-state index contributed by atoms with van der Waals surface area (Å²) in [7, 11) is 1.88. The van der Waals surface area contributed by atoms with E-state index in [9.17, 15) is 4.79 Å². The molecule has 1 aromatic heterocycles. The number of rotatable bonds is 5. The molecule has 5 rings (SSSR count). The maximum absolute atomic E-state index is 12.9. The van der Waals surface area contributed by atoms with Crippen molar-refractivity contribution in [1.82, 2.24) is 24.6 Å². The number of hydrogen-bond donors (Lipinski definition) is 0. The topological polar surface area (TPSA) is 63.5 Å². The van der Waals surface area contributed by atoms with Crippen LogP contribution in [0.5, 0.6) is 5.75 Å². The van der Waals surface area contributed by atoms with Crippen LogP contribution < -0.4 is 4.74 Å². The highest BCUT2D eigenvalue weighted by Crippen LogP contribution is 2.27. The van der Waals surface area contributed by atoms with Crippen LogP contribution in [0, 0.1) is 0 Å². The van der Waals surface area contributed by atoms with Crippen molar-refractivity contribution >= 4 is 17.7 Å². The predicted molar refractivity (Wildman–Crippen MR) is 123 cm³/mol. The van der Waals surface area contributed by atoms with Crippen molar-refractivity contribution in [1.29, 1.82) is 0 Å². The molecule has 0 saturated carbocycles. The van der Waals surface area contributed by atoms with Crippen molar-refractivity contribution in [3.05, 3.63) is 71.0 Å². The van der Waals surface area contributed by atoms with Crippen LogP contribution in [0.2, 0.25) is 0 Å². The number of thioether (sulfide) groups is 1. The molecule has 2 aliphatic rings. The number of nitrogens with zero attached hydrogens (tertiary/aromatic N) is 5. The molecule has 0 N–H and O–H groups in total. The van der Waals surface area contributed by atoms with Gasteiger partial charge in [0.2, 0.25) is 5.91 Å². The van der Waals surface area contributed by atoms with E-state index in [1.165, 1.54) is 28.5 Å². The third-order valence-electron chi connectivity index (χ3n) is 6.07. The second-order valence-electron chi connectivity index (χ2n) is 8.35. The Kier molecular flexibility index (Phi) is 6.14.